The Morgan fingerprint density at radius 1 is 0.600 bits per heavy atom. The topological polar surface area (TPSA) is 281 Å². The van der Waals surface area contributed by atoms with Gasteiger partial charge in [-0.05, 0) is 135 Å². The van der Waals surface area contributed by atoms with Crippen LogP contribution in [0.1, 0.15) is 45.7 Å². The fourth-order valence-electron chi connectivity index (χ4n) is 7.39. The quantitative estimate of drug-likeness (QED) is 0.0449. The number of hydrogen-bond donors (Lipinski definition) is 4. The van der Waals surface area contributed by atoms with E-state index < -0.39 is 48.4 Å². The summed E-state index contributed by atoms with van der Waals surface area (Å²) in [6.07, 6.45) is 0. The Morgan fingerprint density at radius 2 is 1.01 bits per heavy atom. The molecule has 0 aromatic heterocycles. The van der Waals surface area contributed by atoms with Gasteiger partial charge in [0.05, 0.1) is 44.3 Å². The first kappa shape index (κ1) is 57.6. The van der Waals surface area contributed by atoms with Gasteiger partial charge in [-0.15, -0.1) is 15.3 Å². The summed E-state index contributed by atoms with van der Waals surface area (Å²) in [5, 5.41) is 48.2. The number of benzene rings is 8. The van der Waals surface area contributed by atoms with Gasteiger partial charge in [0.2, 0.25) is 0 Å². The van der Waals surface area contributed by atoms with Crippen LogP contribution in [0, 0.1) is 13.8 Å². The number of fused-ring (bicyclic) bond motifs is 2. The maximum Gasteiger partial charge on any atom is 2.00 e. The van der Waals surface area contributed by atoms with Gasteiger partial charge in [0.25, 0.3) is 21.9 Å². The Balaban J connectivity index is 0.000000241. The van der Waals surface area contributed by atoms with Crippen LogP contribution in [0.2, 0.25) is 10.0 Å². The zero-order valence-electron chi connectivity index (χ0n) is 40.2. The maximum absolute atomic E-state index is 13.3. The molecular formula is C52H42CaCl2N6O12S2. The summed E-state index contributed by atoms with van der Waals surface area (Å²) >= 11 is 12.5. The van der Waals surface area contributed by atoms with Gasteiger partial charge in [0.1, 0.15) is 38.7 Å². The molecule has 23 heteroatoms. The molecule has 0 bridgehead atoms. The van der Waals surface area contributed by atoms with Crippen molar-refractivity contribution in [2.24, 2.45) is 20.5 Å². The molecule has 0 saturated carbocycles. The van der Waals surface area contributed by atoms with Crippen molar-refractivity contribution in [3.8, 4) is 23.0 Å². The number of amides is 2. The van der Waals surface area contributed by atoms with Gasteiger partial charge in [-0.1, -0.05) is 77.5 Å². The Hall–Kier alpha value is -6.72. The number of anilines is 2. The Bertz CT molecular complexity index is 3530. The molecule has 0 aliphatic heterocycles. The van der Waals surface area contributed by atoms with Crippen LogP contribution in [0.3, 0.4) is 0 Å². The molecule has 8 aromatic carbocycles. The van der Waals surface area contributed by atoms with Crippen LogP contribution in [0.15, 0.2) is 164 Å². The number of rotatable bonds is 14. The standard InChI is InChI=1S/2C26H22ClN3O6S.Ca/c2*1-3-36-18-10-8-17(9-11-18)28-26(32)20-14-16-6-4-5-7-19(16)24(25(20)31)30-29-21-12-13-22(37(33,34)35)15(2)23(21)27;/h2*4-14,31H,3H2,1-2H3,(H,28,32)(H,33,34,35);/q;;+2/p-2. The van der Waals surface area contributed by atoms with E-state index in [4.69, 9.17) is 32.7 Å². The molecule has 0 aliphatic carbocycles. The predicted molar refractivity (Wildman–Crippen MR) is 284 cm³/mol. The molecular weight excluding hydrogens is 1080 g/mol. The second-order valence-corrected chi connectivity index (χ2v) is 19.4. The molecule has 18 nitrogen and oxygen atoms in total. The van der Waals surface area contributed by atoms with Crippen molar-refractivity contribution >= 4 is 149 Å². The van der Waals surface area contributed by atoms with Gasteiger partial charge in [-0.3, -0.25) is 14.1 Å². The third-order valence-corrected chi connectivity index (χ3v) is 13.9. The Labute approximate surface area is 470 Å². The van der Waals surface area contributed by atoms with Gasteiger partial charge in [0.15, 0.2) is 5.75 Å². The van der Waals surface area contributed by atoms with Crippen molar-refractivity contribution in [3.05, 3.63) is 166 Å². The van der Waals surface area contributed by atoms with E-state index in [0.29, 0.717) is 57.6 Å². The second kappa shape index (κ2) is 24.7. The number of phenolic OH excluding ortho intramolecular Hbond substituents is 1. The van der Waals surface area contributed by atoms with Crippen molar-refractivity contribution in [2.45, 2.75) is 37.5 Å². The number of halogens is 2. The van der Waals surface area contributed by atoms with Crippen molar-refractivity contribution in [3.63, 3.8) is 0 Å². The molecule has 0 atom stereocenters. The van der Waals surface area contributed by atoms with Crippen molar-refractivity contribution < 1.29 is 55.2 Å². The van der Waals surface area contributed by atoms with Crippen LogP contribution in [0.25, 0.3) is 21.5 Å². The summed E-state index contributed by atoms with van der Waals surface area (Å²) < 4.78 is 77.5. The van der Waals surface area contributed by atoms with E-state index in [-0.39, 0.29) is 97.7 Å². The van der Waals surface area contributed by atoms with Gasteiger partial charge >= 0.3 is 37.7 Å². The number of nitrogens with one attached hydrogen (secondary N) is 2. The van der Waals surface area contributed by atoms with Gasteiger partial charge in [-0.2, -0.15) is 13.5 Å². The Kier molecular flexibility index (Phi) is 19.0. The molecule has 0 saturated heterocycles. The van der Waals surface area contributed by atoms with Gasteiger partial charge in [-0.25, -0.2) is 8.42 Å². The first-order valence-electron chi connectivity index (χ1n) is 22.1. The van der Waals surface area contributed by atoms with E-state index >= 15 is 0 Å². The molecule has 0 heterocycles. The van der Waals surface area contributed by atoms with Gasteiger partial charge in [0, 0.05) is 27.7 Å². The van der Waals surface area contributed by atoms with Crippen LogP contribution in [0.5, 0.6) is 23.0 Å². The van der Waals surface area contributed by atoms with Gasteiger partial charge < -0.3 is 34.9 Å². The third kappa shape index (κ3) is 13.6. The SMILES string of the molecule is CCOc1ccc(NC(=O)c2cc3ccccc3c(N=Nc3ccc(S(=O)(=O)O)c(C)c3Cl)c2O)cc1.CCOc1ccc(NC(=O)c2cc3ccccc3c(N=Nc3ccc(S(=O)(=O)[O-])c(C)c3Cl)c2[O-])cc1.[Ca+2]. The number of phenols is 1. The molecule has 75 heavy (non-hydrogen) atoms. The minimum Gasteiger partial charge on any atom is -0.870 e. The first-order valence-corrected chi connectivity index (χ1v) is 25.7. The summed E-state index contributed by atoms with van der Waals surface area (Å²) in [6, 6.07) is 35.2. The molecule has 380 valence electrons. The maximum atomic E-state index is 13.3. The summed E-state index contributed by atoms with van der Waals surface area (Å²) in [4.78, 5) is 25.3. The van der Waals surface area contributed by atoms with Crippen molar-refractivity contribution in [2.75, 3.05) is 23.8 Å². The monoisotopic (exact) mass is 1120 g/mol. The zero-order chi connectivity index (χ0) is 53.5. The van der Waals surface area contributed by atoms with E-state index in [1.807, 2.05) is 13.8 Å². The summed E-state index contributed by atoms with van der Waals surface area (Å²) in [6.45, 7) is 7.55. The first-order chi connectivity index (χ1) is 35.2. The largest absolute Gasteiger partial charge is 2.00 e. The number of ether oxygens (including phenoxy) is 2. The van der Waals surface area contributed by atoms with E-state index in [1.165, 1.54) is 32.0 Å². The zero-order valence-corrected chi connectivity index (χ0v) is 45.5. The van der Waals surface area contributed by atoms with E-state index in [0.717, 1.165) is 12.1 Å². The molecule has 4 N–H and O–H groups in total. The number of carbonyl (C=O) groups is 2. The predicted octanol–water partition coefficient (Wildman–Crippen LogP) is 12.3. The number of carbonyl (C=O) groups excluding carboxylic acids is 2. The number of hydrogen-bond acceptors (Lipinski definition) is 15. The fraction of sp³-hybridized carbons (Fsp3) is 0.115. The normalized spacial score (nSPS) is 11.5. The van der Waals surface area contributed by atoms with Crippen LogP contribution in [-0.2, 0) is 20.2 Å². The Morgan fingerprint density at radius 3 is 1.48 bits per heavy atom. The minimum absolute atomic E-state index is 0. The van der Waals surface area contributed by atoms with E-state index in [1.54, 1.807) is 103 Å². The molecule has 2 amide bonds. The summed E-state index contributed by atoms with van der Waals surface area (Å²) in [5.41, 5.74) is 1.03. The van der Waals surface area contributed by atoms with Crippen LogP contribution >= 0.6 is 23.2 Å². The molecule has 8 aromatic rings. The molecule has 0 aliphatic rings. The summed E-state index contributed by atoms with van der Waals surface area (Å²) in [5.74, 6) is -0.931. The second-order valence-electron chi connectivity index (χ2n) is 15.9. The fourth-order valence-corrected chi connectivity index (χ4v) is 9.34. The third-order valence-electron chi connectivity index (χ3n) is 11.0. The van der Waals surface area contributed by atoms with E-state index in [9.17, 15) is 45.7 Å². The minimum atomic E-state index is -4.73. The number of aromatic hydroxyl groups is 1. The average Bonchev–Trinajstić information content (AvgIpc) is 3.36. The molecule has 0 unspecified atom stereocenters. The molecule has 8 rings (SSSR count). The average molecular weight is 1120 g/mol. The number of nitrogens with zero attached hydrogens (tertiary/aromatic N) is 4. The summed E-state index contributed by atoms with van der Waals surface area (Å²) in [7, 11) is -9.20. The number of azo groups is 2. The van der Waals surface area contributed by atoms with Crippen molar-refractivity contribution in [1.82, 2.24) is 0 Å². The van der Waals surface area contributed by atoms with Crippen molar-refractivity contribution in [1.29, 1.82) is 0 Å². The molecule has 0 spiro atoms. The smallest absolute Gasteiger partial charge is 0.870 e. The molecule has 0 fully saturated rings. The van der Waals surface area contributed by atoms with Crippen LogP contribution < -0.4 is 25.2 Å². The van der Waals surface area contributed by atoms with E-state index in [2.05, 4.69) is 31.1 Å². The van der Waals surface area contributed by atoms with Crippen LogP contribution in [0.4, 0.5) is 34.1 Å². The molecule has 0 radical (unpaired) electrons. The van der Waals surface area contributed by atoms with Crippen LogP contribution in [-0.4, -0.2) is 93.8 Å².